The van der Waals surface area contributed by atoms with Gasteiger partial charge in [-0.15, -0.1) is 0 Å². The number of hydrogen-bond donors (Lipinski definition) is 0. The van der Waals surface area contributed by atoms with Gasteiger partial charge in [-0.1, -0.05) is 65.5 Å². The quantitative estimate of drug-likeness (QED) is 0.0112. The molecular formula is C56H42F34O8. The Kier molecular flexibility index (Phi) is 21.7. The van der Waals surface area contributed by atoms with Crippen LogP contribution in [0.1, 0.15) is 132 Å². The van der Waals surface area contributed by atoms with Crippen molar-refractivity contribution in [3.05, 3.63) is 69.8 Å². The molecule has 0 aliphatic heterocycles. The zero-order chi connectivity index (χ0) is 75.9. The molecule has 0 radical (unpaired) electrons. The summed E-state index contributed by atoms with van der Waals surface area (Å²) in [4.78, 5) is 56.5. The fourth-order valence-electron chi connectivity index (χ4n) is 9.48. The van der Waals surface area contributed by atoms with Gasteiger partial charge < -0.3 is 18.9 Å². The maximum atomic E-state index is 17.7. The summed E-state index contributed by atoms with van der Waals surface area (Å²) in [7, 11) is 0. The van der Waals surface area contributed by atoms with E-state index < -0.39 is 247 Å². The minimum Gasteiger partial charge on any atom is -0.462 e. The number of benzene rings is 5. The van der Waals surface area contributed by atoms with Crippen molar-refractivity contribution in [1.82, 2.24) is 0 Å². The summed E-state index contributed by atoms with van der Waals surface area (Å²) in [6.07, 6.45) is -18.5. The van der Waals surface area contributed by atoms with Crippen LogP contribution in [-0.2, 0) is 30.8 Å². The van der Waals surface area contributed by atoms with Gasteiger partial charge in [0.05, 0.1) is 48.7 Å². The normalized spacial score (nSPS) is 14.7. The smallest absolute Gasteiger partial charge is 0.460 e. The van der Waals surface area contributed by atoms with E-state index in [-0.39, 0.29) is 62.8 Å². The first-order valence-corrected chi connectivity index (χ1v) is 27.5. The van der Waals surface area contributed by atoms with Crippen LogP contribution in [0.5, 0.6) is 0 Å². The molecule has 0 aliphatic carbocycles. The van der Waals surface area contributed by atoms with Gasteiger partial charge in [0.2, 0.25) is 0 Å². The lowest BCUT2D eigenvalue weighted by Gasteiger charge is -2.43. The van der Waals surface area contributed by atoms with E-state index in [1.165, 1.54) is 27.7 Å². The van der Waals surface area contributed by atoms with Crippen molar-refractivity contribution in [2.75, 3.05) is 26.4 Å². The summed E-state index contributed by atoms with van der Waals surface area (Å²) >= 11 is 0. The lowest BCUT2D eigenvalue weighted by Crippen LogP contribution is -2.74. The van der Waals surface area contributed by atoms with E-state index >= 15 is 87.8 Å². The molecule has 5 rings (SSSR count). The van der Waals surface area contributed by atoms with Crippen molar-refractivity contribution in [3.63, 3.8) is 0 Å². The molecule has 0 aromatic heterocycles. The van der Waals surface area contributed by atoms with Crippen LogP contribution in [0, 0.1) is 0 Å². The zero-order valence-electron chi connectivity index (χ0n) is 49.1. The zero-order valence-corrected chi connectivity index (χ0v) is 49.1. The molecule has 0 unspecified atom stereocenters. The SMILES string of the molecule is CCCCOC(=O)c1ccc2c3c(C(F)(F)C(F)(F)C(F)(F)C(F)(F)C(F)(F)C(F)(F)C(F)(F)C(F)(F)F)cc(C(=O)OCCCC)c4c(C(=O)OCCCC)cc(C(F)(F)C(F)(F)C(F)(F)C(F)(F)C(F)(F)C(F)(F)C(F)(F)C(F)(F)F)c(c5ccc(C(=O)OCCCC)c1c25)c43. The highest BCUT2D eigenvalue weighted by atomic mass is 19.4. The molecule has 0 fully saturated rings. The van der Waals surface area contributed by atoms with Crippen molar-refractivity contribution in [2.45, 2.75) is 174 Å². The Morgan fingerprint density at radius 1 is 0.265 bits per heavy atom. The molecular weight excluding hydrogens is 1450 g/mol. The first-order valence-electron chi connectivity index (χ1n) is 27.5. The van der Waals surface area contributed by atoms with Crippen molar-refractivity contribution in [1.29, 1.82) is 0 Å². The average molecular weight is 1490 g/mol. The number of carbonyl (C=O) groups is 4. The molecule has 0 saturated heterocycles. The second kappa shape index (κ2) is 26.1. The summed E-state index contributed by atoms with van der Waals surface area (Å²) in [6.45, 7) is 1.02. The molecule has 0 bridgehead atoms. The number of carbonyl (C=O) groups excluding carboxylic acids is 4. The number of unbranched alkanes of at least 4 members (excludes halogenated alkanes) is 4. The molecule has 552 valence electrons. The Hall–Kier alpha value is -7.10. The molecule has 98 heavy (non-hydrogen) atoms. The van der Waals surface area contributed by atoms with Gasteiger partial charge >= 0.3 is 119 Å². The maximum absolute atomic E-state index is 17.7. The van der Waals surface area contributed by atoms with E-state index in [9.17, 15) is 80.6 Å². The van der Waals surface area contributed by atoms with Crippen molar-refractivity contribution < 1.29 is 187 Å². The molecule has 42 heteroatoms. The number of rotatable bonds is 30. The van der Waals surface area contributed by atoms with Gasteiger partial charge in [0.15, 0.2) is 0 Å². The third-order valence-electron chi connectivity index (χ3n) is 15.0. The molecule has 8 nitrogen and oxygen atoms in total. The summed E-state index contributed by atoms with van der Waals surface area (Å²) in [5, 5.41) is -18.3. The molecule has 0 atom stereocenters. The predicted molar refractivity (Wildman–Crippen MR) is 268 cm³/mol. The number of halogens is 34. The minimum atomic E-state index is -9.52. The summed E-state index contributed by atoms with van der Waals surface area (Å²) in [5.74, 6) is -137. The van der Waals surface area contributed by atoms with Gasteiger partial charge in [-0.05, 0) is 66.1 Å². The number of fused-ring (bicyclic) bond motifs is 2. The third-order valence-corrected chi connectivity index (χ3v) is 15.0. The van der Waals surface area contributed by atoms with Crippen molar-refractivity contribution >= 4 is 67.0 Å². The maximum Gasteiger partial charge on any atom is 0.460 e. The highest BCUT2D eigenvalue weighted by molar-refractivity contribution is 6.39. The number of alkyl halides is 34. The second-order valence-electron chi connectivity index (χ2n) is 21.5. The molecule has 5 aromatic rings. The van der Waals surface area contributed by atoms with Gasteiger partial charge in [-0.2, -0.15) is 149 Å². The van der Waals surface area contributed by atoms with E-state index in [0.29, 0.717) is 0 Å². The highest BCUT2D eigenvalue weighted by Crippen LogP contribution is 2.69. The molecule has 0 aliphatic rings. The molecule has 0 saturated carbocycles. The fraction of sp³-hybridized carbons (Fsp3) is 0.571. The largest absolute Gasteiger partial charge is 0.462 e. The Balaban J connectivity index is 2.33. The standard InChI is InChI=1S/C56H42F34O8/c1-5-9-17-95-37(91)25-15-13-23-31-24(14-16-26(32(25)31)38(92)96-18-10-6-2)35-30(42(59,60)44(63,64)46(67,68)48(71,72)50(75,76)52(79,80)54(83,84)56(88,89)90)22-28(40(94)98-20-12-8-4)33-27(39(93)97-19-11-7-3)21-29(34(23)36(33)35)41(57,58)43(61,62)45(65,66)47(69,70)49(73,74)51(77,78)53(81,82)55(85,86)87/h13-16,21-22H,5-12,17-20H2,1-4H3. The Morgan fingerprint density at radius 3 is 0.714 bits per heavy atom. The summed E-state index contributed by atoms with van der Waals surface area (Å²) < 4.78 is 536. The van der Waals surface area contributed by atoms with Gasteiger partial charge in [0.25, 0.3) is 0 Å². The van der Waals surface area contributed by atoms with Crippen LogP contribution >= 0.6 is 0 Å². The fourth-order valence-corrected chi connectivity index (χ4v) is 9.48. The van der Waals surface area contributed by atoms with Gasteiger partial charge in [-0.3, -0.25) is 0 Å². The van der Waals surface area contributed by atoms with E-state index in [0.717, 1.165) is 0 Å². The van der Waals surface area contributed by atoms with Crippen LogP contribution in [-0.4, -0.2) is 134 Å². The lowest BCUT2D eigenvalue weighted by atomic mass is 9.77. The second-order valence-corrected chi connectivity index (χ2v) is 21.5. The van der Waals surface area contributed by atoms with Crippen LogP contribution < -0.4 is 0 Å². The van der Waals surface area contributed by atoms with Crippen LogP contribution in [0.3, 0.4) is 0 Å². The number of esters is 4. The van der Waals surface area contributed by atoms with Crippen molar-refractivity contribution in [2.24, 2.45) is 0 Å². The summed E-state index contributed by atoms with van der Waals surface area (Å²) in [6, 6.07) is -2.48. The third kappa shape index (κ3) is 11.8. The molecule has 0 spiro atoms. The molecule has 0 heterocycles. The van der Waals surface area contributed by atoms with Crippen LogP contribution in [0.25, 0.3) is 43.1 Å². The predicted octanol–water partition coefficient (Wildman–Crippen LogP) is 20.5. The van der Waals surface area contributed by atoms with E-state index in [4.69, 9.17) is 18.9 Å². The highest BCUT2D eigenvalue weighted by Gasteiger charge is 2.97. The van der Waals surface area contributed by atoms with Gasteiger partial charge in [0, 0.05) is 38.1 Å². The Labute approximate surface area is 524 Å². The van der Waals surface area contributed by atoms with E-state index in [1.807, 2.05) is 0 Å². The monoisotopic (exact) mass is 1490 g/mol. The first-order chi connectivity index (χ1) is 44.1. The van der Waals surface area contributed by atoms with Gasteiger partial charge in [0.1, 0.15) is 0 Å². The number of ether oxygens (including phenoxy) is 4. The number of hydrogen-bond acceptors (Lipinski definition) is 8. The van der Waals surface area contributed by atoms with Gasteiger partial charge in [-0.25, -0.2) is 19.2 Å². The Morgan fingerprint density at radius 2 is 0.480 bits per heavy atom. The van der Waals surface area contributed by atoms with E-state index in [1.54, 1.807) is 0 Å². The molecule has 0 amide bonds. The Bertz CT molecular complexity index is 3580. The lowest BCUT2D eigenvalue weighted by molar-refractivity contribution is -0.462. The molecule has 0 N–H and O–H groups in total. The topological polar surface area (TPSA) is 105 Å². The molecule has 5 aromatic carbocycles. The first kappa shape index (κ1) is 81.6. The summed E-state index contributed by atoms with van der Waals surface area (Å²) in [5.41, 5.74) is -15.4. The van der Waals surface area contributed by atoms with Crippen molar-refractivity contribution in [3.8, 4) is 0 Å². The average Bonchev–Trinajstić information content (AvgIpc) is 0.569. The van der Waals surface area contributed by atoms with E-state index in [2.05, 4.69) is 0 Å². The van der Waals surface area contributed by atoms with Crippen LogP contribution in [0.2, 0.25) is 0 Å². The van der Waals surface area contributed by atoms with Crippen LogP contribution in [0.4, 0.5) is 149 Å². The van der Waals surface area contributed by atoms with Crippen LogP contribution in [0.15, 0.2) is 36.4 Å². The minimum absolute atomic E-state index is 0.0502.